The molecule has 4 heteroatoms. The third-order valence-corrected chi connectivity index (χ3v) is 2.10. The first kappa shape index (κ1) is 10.4. The number of benzene rings is 1. The van der Waals surface area contributed by atoms with Crippen LogP contribution < -0.4 is 4.74 Å². The fraction of sp³-hybridized carbons (Fsp3) is 0.333. The highest BCUT2D eigenvalue weighted by atomic mass is 35.5. The Morgan fingerprint density at radius 1 is 1.46 bits per heavy atom. The van der Waals surface area contributed by atoms with Crippen LogP contribution in [0.4, 0.5) is 0 Å². The second kappa shape index (κ2) is 5.15. The van der Waals surface area contributed by atoms with Crippen molar-refractivity contribution in [3.05, 3.63) is 28.8 Å². The molecule has 0 amide bonds. The van der Waals surface area contributed by atoms with Gasteiger partial charge in [-0.15, -0.1) is 0 Å². The molecule has 13 heavy (non-hydrogen) atoms. The lowest BCUT2D eigenvalue weighted by atomic mass is 9.97. The summed E-state index contributed by atoms with van der Waals surface area (Å²) >= 11 is 5.99. The molecule has 0 atom stereocenters. The van der Waals surface area contributed by atoms with E-state index in [9.17, 15) is 0 Å². The number of rotatable bonds is 4. The van der Waals surface area contributed by atoms with E-state index >= 15 is 0 Å². The maximum atomic E-state index is 5.99. The van der Waals surface area contributed by atoms with Crippen molar-refractivity contribution in [1.82, 2.24) is 0 Å². The first-order valence-electron chi connectivity index (χ1n) is 4.18. The van der Waals surface area contributed by atoms with E-state index in [1.807, 2.05) is 12.1 Å². The van der Waals surface area contributed by atoms with Crippen molar-refractivity contribution in [2.75, 3.05) is 13.9 Å². The van der Waals surface area contributed by atoms with Gasteiger partial charge in [-0.25, -0.2) is 0 Å². The van der Waals surface area contributed by atoms with Crippen LogP contribution in [0.2, 0.25) is 5.02 Å². The molecule has 0 aliphatic rings. The SMILES string of the molecule is BCc1ccc(OCOC)cc1Cl. The van der Waals surface area contributed by atoms with Crippen molar-refractivity contribution >= 4 is 19.4 Å². The molecule has 1 aromatic carbocycles. The van der Waals surface area contributed by atoms with E-state index in [0.29, 0.717) is 0 Å². The molecular weight excluding hydrogens is 186 g/mol. The second-order valence-electron chi connectivity index (χ2n) is 2.66. The van der Waals surface area contributed by atoms with Crippen molar-refractivity contribution in [2.24, 2.45) is 0 Å². The van der Waals surface area contributed by atoms with Gasteiger partial charge in [-0.3, -0.25) is 0 Å². The lowest BCUT2D eigenvalue weighted by Gasteiger charge is -2.06. The van der Waals surface area contributed by atoms with E-state index in [-0.39, 0.29) is 6.79 Å². The van der Waals surface area contributed by atoms with E-state index in [1.54, 1.807) is 13.2 Å². The lowest BCUT2D eigenvalue weighted by Crippen LogP contribution is -1.99. The topological polar surface area (TPSA) is 18.5 Å². The number of methoxy groups -OCH3 is 1. The Hall–Kier alpha value is -0.665. The van der Waals surface area contributed by atoms with E-state index < -0.39 is 0 Å². The number of hydrogen-bond acceptors (Lipinski definition) is 2. The predicted molar refractivity (Wildman–Crippen MR) is 56.2 cm³/mol. The smallest absolute Gasteiger partial charge is 0.188 e. The Morgan fingerprint density at radius 3 is 2.77 bits per heavy atom. The van der Waals surface area contributed by atoms with Gasteiger partial charge in [-0.05, 0) is 17.7 Å². The zero-order valence-electron chi connectivity index (χ0n) is 7.84. The van der Waals surface area contributed by atoms with Crippen LogP contribution in [-0.2, 0) is 11.1 Å². The van der Waals surface area contributed by atoms with Crippen molar-refractivity contribution in [3.8, 4) is 5.75 Å². The van der Waals surface area contributed by atoms with Gasteiger partial charge < -0.3 is 9.47 Å². The highest BCUT2D eigenvalue weighted by molar-refractivity contribution is 6.32. The van der Waals surface area contributed by atoms with Gasteiger partial charge in [-0.2, -0.15) is 0 Å². The Bertz CT molecular complexity index is 278. The van der Waals surface area contributed by atoms with E-state index in [0.717, 1.165) is 22.7 Å². The molecule has 0 N–H and O–H groups in total. The summed E-state index contributed by atoms with van der Waals surface area (Å²) in [4.78, 5) is 0. The molecule has 0 saturated carbocycles. The van der Waals surface area contributed by atoms with Gasteiger partial charge in [0.25, 0.3) is 0 Å². The summed E-state index contributed by atoms with van der Waals surface area (Å²) in [6.45, 7) is 0.252. The standard InChI is InChI=1S/C9H12BClO2/c1-12-6-13-8-3-2-7(5-10)9(11)4-8/h2-4H,5-6,10H2,1H3. The fourth-order valence-electron chi connectivity index (χ4n) is 1.03. The minimum absolute atomic E-state index is 0.252. The Morgan fingerprint density at radius 2 is 2.23 bits per heavy atom. The van der Waals surface area contributed by atoms with Crippen LogP contribution >= 0.6 is 11.6 Å². The molecule has 70 valence electrons. The minimum Gasteiger partial charge on any atom is -0.468 e. The molecule has 2 nitrogen and oxygen atoms in total. The first-order valence-corrected chi connectivity index (χ1v) is 4.56. The highest BCUT2D eigenvalue weighted by Gasteiger charge is 2.00. The van der Waals surface area contributed by atoms with Crippen LogP contribution in [-0.4, -0.2) is 21.7 Å². The van der Waals surface area contributed by atoms with Gasteiger partial charge in [0, 0.05) is 12.1 Å². The van der Waals surface area contributed by atoms with Gasteiger partial charge >= 0.3 is 0 Å². The Balaban J connectivity index is 2.71. The molecule has 0 fully saturated rings. The van der Waals surface area contributed by atoms with Crippen LogP contribution in [0.1, 0.15) is 5.56 Å². The summed E-state index contributed by atoms with van der Waals surface area (Å²) < 4.78 is 10.0. The third kappa shape index (κ3) is 2.94. The summed E-state index contributed by atoms with van der Waals surface area (Å²) in [6.07, 6.45) is 0.934. The maximum absolute atomic E-state index is 5.99. The second-order valence-corrected chi connectivity index (χ2v) is 3.06. The molecule has 0 radical (unpaired) electrons. The molecule has 0 spiro atoms. The molecule has 0 unspecified atom stereocenters. The van der Waals surface area contributed by atoms with Gasteiger partial charge in [-0.1, -0.05) is 24.0 Å². The normalized spacial score (nSPS) is 10.0. The van der Waals surface area contributed by atoms with Crippen LogP contribution in [0.3, 0.4) is 0 Å². The van der Waals surface area contributed by atoms with Gasteiger partial charge in [0.1, 0.15) is 13.6 Å². The van der Waals surface area contributed by atoms with Crippen LogP contribution in [0.15, 0.2) is 18.2 Å². The highest BCUT2D eigenvalue weighted by Crippen LogP contribution is 2.22. The number of hydrogen-bond donors (Lipinski definition) is 0. The Kier molecular flexibility index (Phi) is 4.13. The summed E-state index contributed by atoms with van der Waals surface area (Å²) in [5, 5.41) is 0.746. The average Bonchev–Trinajstić information content (AvgIpc) is 2.15. The quantitative estimate of drug-likeness (QED) is 0.539. The third-order valence-electron chi connectivity index (χ3n) is 1.75. The molecule has 1 aromatic rings. The summed E-state index contributed by atoms with van der Waals surface area (Å²) in [7, 11) is 3.65. The van der Waals surface area contributed by atoms with Gasteiger partial charge in [0.2, 0.25) is 0 Å². The largest absolute Gasteiger partial charge is 0.468 e. The maximum Gasteiger partial charge on any atom is 0.188 e. The predicted octanol–water partition coefficient (Wildman–Crippen LogP) is 1.46. The molecule has 0 saturated heterocycles. The van der Waals surface area contributed by atoms with Crippen LogP contribution in [0, 0.1) is 0 Å². The molecule has 0 bridgehead atoms. The van der Waals surface area contributed by atoms with E-state index in [2.05, 4.69) is 7.85 Å². The van der Waals surface area contributed by atoms with Crippen molar-refractivity contribution in [2.45, 2.75) is 6.32 Å². The van der Waals surface area contributed by atoms with Crippen molar-refractivity contribution in [1.29, 1.82) is 0 Å². The molecule has 1 rings (SSSR count). The summed E-state index contributed by atoms with van der Waals surface area (Å²) in [5.74, 6) is 0.740. The zero-order chi connectivity index (χ0) is 9.68. The summed E-state index contributed by atoms with van der Waals surface area (Å²) in [5.41, 5.74) is 1.13. The minimum atomic E-state index is 0.252. The van der Waals surface area contributed by atoms with Crippen molar-refractivity contribution < 1.29 is 9.47 Å². The lowest BCUT2D eigenvalue weighted by molar-refractivity contribution is 0.0511. The van der Waals surface area contributed by atoms with E-state index in [1.165, 1.54) is 0 Å². The van der Waals surface area contributed by atoms with Gasteiger partial charge in [0.15, 0.2) is 6.79 Å². The first-order chi connectivity index (χ1) is 6.27. The monoisotopic (exact) mass is 198 g/mol. The zero-order valence-corrected chi connectivity index (χ0v) is 8.60. The molecule has 0 aliphatic heterocycles. The number of ether oxygens (including phenoxy) is 2. The average molecular weight is 198 g/mol. The van der Waals surface area contributed by atoms with E-state index in [4.69, 9.17) is 21.1 Å². The number of halogens is 1. The van der Waals surface area contributed by atoms with Gasteiger partial charge in [0.05, 0.1) is 0 Å². The molecule has 0 aliphatic carbocycles. The molecular formula is C9H12BClO2. The van der Waals surface area contributed by atoms with Crippen molar-refractivity contribution in [3.63, 3.8) is 0 Å². The molecule has 0 heterocycles. The fourth-order valence-corrected chi connectivity index (χ4v) is 1.34. The van der Waals surface area contributed by atoms with Crippen LogP contribution in [0.5, 0.6) is 5.75 Å². The summed E-state index contributed by atoms with van der Waals surface area (Å²) in [6, 6.07) is 5.66. The molecule has 0 aromatic heterocycles. The van der Waals surface area contributed by atoms with Crippen LogP contribution in [0.25, 0.3) is 0 Å². The Labute approximate surface area is 84.2 Å².